The second-order valence-corrected chi connectivity index (χ2v) is 7.56. The molecule has 0 spiro atoms. The van der Waals surface area contributed by atoms with Crippen molar-refractivity contribution >= 4 is 5.69 Å². The lowest BCUT2D eigenvalue weighted by Crippen LogP contribution is -2.37. The molecule has 2 aromatic rings. The predicted molar refractivity (Wildman–Crippen MR) is 98.9 cm³/mol. The maximum absolute atomic E-state index is 6.19. The van der Waals surface area contributed by atoms with Gasteiger partial charge in [0.15, 0.2) is 0 Å². The number of fused-ring (bicyclic) bond motifs is 1. The number of aryl methyl sites for hydroxylation is 1. The summed E-state index contributed by atoms with van der Waals surface area (Å²) in [5.41, 5.74) is 13.2. The average Bonchev–Trinajstić information content (AvgIpc) is 2.51. The zero-order chi connectivity index (χ0) is 16.6. The largest absolute Gasteiger partial charge is 0.367 e. The molecule has 122 valence electrons. The Morgan fingerprint density at radius 1 is 1.17 bits per heavy atom. The van der Waals surface area contributed by atoms with Crippen LogP contribution in [-0.2, 0) is 12.0 Å². The molecule has 0 saturated heterocycles. The van der Waals surface area contributed by atoms with Crippen molar-refractivity contribution in [3.63, 3.8) is 0 Å². The molecule has 1 aliphatic rings. The zero-order valence-electron chi connectivity index (χ0n) is 14.8. The van der Waals surface area contributed by atoms with Crippen molar-refractivity contribution in [2.45, 2.75) is 52.1 Å². The Morgan fingerprint density at radius 3 is 2.52 bits per heavy atom. The normalized spacial score (nSPS) is 17.7. The van der Waals surface area contributed by atoms with Crippen molar-refractivity contribution < 1.29 is 0 Å². The van der Waals surface area contributed by atoms with Gasteiger partial charge in [-0.1, -0.05) is 50.2 Å². The van der Waals surface area contributed by atoms with Gasteiger partial charge in [0.1, 0.15) is 0 Å². The van der Waals surface area contributed by atoms with Crippen LogP contribution in [0.5, 0.6) is 0 Å². The molecule has 1 unspecified atom stereocenters. The van der Waals surface area contributed by atoms with Crippen LogP contribution in [0.3, 0.4) is 0 Å². The Bertz CT molecular complexity index is 686. The summed E-state index contributed by atoms with van der Waals surface area (Å²) in [4.78, 5) is 2.52. The molecule has 2 N–H and O–H groups in total. The highest BCUT2D eigenvalue weighted by Crippen LogP contribution is 2.42. The van der Waals surface area contributed by atoms with E-state index >= 15 is 0 Å². The van der Waals surface area contributed by atoms with Gasteiger partial charge in [0, 0.05) is 24.8 Å². The number of benzene rings is 2. The number of anilines is 1. The van der Waals surface area contributed by atoms with Crippen molar-refractivity contribution in [2.75, 3.05) is 11.4 Å². The molecule has 3 rings (SSSR count). The van der Waals surface area contributed by atoms with E-state index in [2.05, 4.69) is 75.1 Å². The Balaban J connectivity index is 2.04. The maximum Gasteiger partial charge on any atom is 0.0429 e. The first-order valence-electron chi connectivity index (χ1n) is 8.58. The minimum absolute atomic E-state index is 0.0731. The Kier molecular flexibility index (Phi) is 4.20. The lowest BCUT2D eigenvalue weighted by Gasteiger charge is -2.41. The highest BCUT2D eigenvalue weighted by Gasteiger charge is 2.32. The lowest BCUT2D eigenvalue weighted by molar-refractivity contribution is 0.452. The predicted octanol–water partition coefficient (Wildman–Crippen LogP) is 4.70. The van der Waals surface area contributed by atoms with Gasteiger partial charge in [0.05, 0.1) is 0 Å². The molecule has 23 heavy (non-hydrogen) atoms. The minimum Gasteiger partial charge on any atom is -0.367 e. The first kappa shape index (κ1) is 16.1. The molecule has 0 fully saturated rings. The number of rotatable bonds is 3. The third kappa shape index (κ3) is 3.13. The summed E-state index contributed by atoms with van der Waals surface area (Å²) >= 11 is 0. The molecular weight excluding hydrogens is 280 g/mol. The van der Waals surface area contributed by atoms with E-state index in [4.69, 9.17) is 5.73 Å². The van der Waals surface area contributed by atoms with Crippen molar-refractivity contribution in [1.82, 2.24) is 0 Å². The van der Waals surface area contributed by atoms with Crippen LogP contribution in [-0.4, -0.2) is 6.54 Å². The Morgan fingerprint density at radius 2 is 1.87 bits per heavy atom. The Hall–Kier alpha value is -1.80. The molecule has 2 nitrogen and oxygen atoms in total. The zero-order valence-corrected chi connectivity index (χ0v) is 14.8. The highest BCUT2D eigenvalue weighted by atomic mass is 15.1. The van der Waals surface area contributed by atoms with Crippen LogP contribution >= 0.6 is 0 Å². The molecule has 0 saturated carbocycles. The average molecular weight is 308 g/mol. The van der Waals surface area contributed by atoms with Gasteiger partial charge >= 0.3 is 0 Å². The summed E-state index contributed by atoms with van der Waals surface area (Å²) in [7, 11) is 0. The van der Waals surface area contributed by atoms with Crippen LogP contribution < -0.4 is 10.6 Å². The van der Waals surface area contributed by atoms with E-state index in [-0.39, 0.29) is 11.5 Å². The van der Waals surface area contributed by atoms with Crippen LogP contribution in [0.4, 0.5) is 5.69 Å². The van der Waals surface area contributed by atoms with Crippen LogP contribution in [0.1, 0.15) is 55.5 Å². The van der Waals surface area contributed by atoms with E-state index in [1.807, 2.05) is 0 Å². The monoisotopic (exact) mass is 308 g/mol. The molecule has 1 heterocycles. The molecule has 0 aliphatic carbocycles. The van der Waals surface area contributed by atoms with Crippen molar-refractivity contribution in [3.05, 3.63) is 64.7 Å². The third-order valence-corrected chi connectivity index (χ3v) is 5.17. The summed E-state index contributed by atoms with van der Waals surface area (Å²) in [5, 5.41) is 0. The van der Waals surface area contributed by atoms with E-state index in [1.165, 1.54) is 34.4 Å². The number of nitrogens with zero attached hydrogens (tertiary/aromatic N) is 1. The van der Waals surface area contributed by atoms with Gasteiger partial charge in [-0.05, 0) is 54.0 Å². The van der Waals surface area contributed by atoms with Crippen molar-refractivity contribution in [1.29, 1.82) is 0 Å². The third-order valence-electron chi connectivity index (χ3n) is 5.17. The fourth-order valence-corrected chi connectivity index (χ4v) is 3.64. The van der Waals surface area contributed by atoms with Gasteiger partial charge < -0.3 is 10.6 Å². The van der Waals surface area contributed by atoms with Gasteiger partial charge in [0.25, 0.3) is 0 Å². The van der Waals surface area contributed by atoms with E-state index in [0.29, 0.717) is 0 Å². The molecule has 1 aliphatic heterocycles. The first-order valence-corrected chi connectivity index (χ1v) is 8.58. The summed E-state index contributed by atoms with van der Waals surface area (Å²) in [5.74, 6) is 0. The molecule has 2 aromatic carbocycles. The molecule has 0 radical (unpaired) electrons. The van der Waals surface area contributed by atoms with Crippen molar-refractivity contribution in [2.24, 2.45) is 5.73 Å². The van der Waals surface area contributed by atoms with Gasteiger partial charge in [0.2, 0.25) is 0 Å². The van der Waals surface area contributed by atoms with Gasteiger partial charge in [-0.25, -0.2) is 0 Å². The molecule has 2 heteroatoms. The molecular formula is C21H28N2. The summed E-state index contributed by atoms with van der Waals surface area (Å²) in [6.45, 7) is 11.0. The number of hydrogen-bond acceptors (Lipinski definition) is 2. The SMILES string of the molecule is Cc1cc2c(cc1C(C)N)N(Cc1ccccc1)CCC2(C)C. The lowest BCUT2D eigenvalue weighted by atomic mass is 9.76. The highest BCUT2D eigenvalue weighted by molar-refractivity contribution is 5.62. The van der Waals surface area contributed by atoms with Crippen LogP contribution in [0.15, 0.2) is 42.5 Å². The van der Waals surface area contributed by atoms with Gasteiger partial charge in [-0.3, -0.25) is 0 Å². The summed E-state index contributed by atoms with van der Waals surface area (Å²) in [6, 6.07) is 15.5. The molecule has 1 atom stereocenters. The quantitative estimate of drug-likeness (QED) is 0.890. The summed E-state index contributed by atoms with van der Waals surface area (Å²) < 4.78 is 0. The van der Waals surface area contributed by atoms with E-state index < -0.39 is 0 Å². The molecule has 0 amide bonds. The van der Waals surface area contributed by atoms with E-state index in [1.54, 1.807) is 0 Å². The smallest absolute Gasteiger partial charge is 0.0429 e. The topological polar surface area (TPSA) is 29.3 Å². The van der Waals surface area contributed by atoms with Crippen molar-refractivity contribution in [3.8, 4) is 0 Å². The van der Waals surface area contributed by atoms with Gasteiger partial charge in [-0.15, -0.1) is 0 Å². The number of hydrogen-bond donors (Lipinski definition) is 1. The standard InChI is InChI=1S/C21H28N2/c1-15-12-19-20(13-18(15)16(2)22)23(11-10-21(19,3)4)14-17-8-6-5-7-9-17/h5-9,12-13,16H,10-11,14,22H2,1-4H3. The summed E-state index contributed by atoms with van der Waals surface area (Å²) in [6.07, 6.45) is 1.18. The van der Waals surface area contributed by atoms with Gasteiger partial charge in [-0.2, -0.15) is 0 Å². The molecule has 0 aromatic heterocycles. The second kappa shape index (κ2) is 6.01. The fraction of sp³-hybridized carbons (Fsp3) is 0.429. The number of nitrogens with two attached hydrogens (primary N) is 1. The van der Waals surface area contributed by atoms with Crippen LogP contribution in [0, 0.1) is 6.92 Å². The molecule has 0 bridgehead atoms. The van der Waals surface area contributed by atoms with Crippen LogP contribution in [0.25, 0.3) is 0 Å². The maximum atomic E-state index is 6.19. The first-order chi connectivity index (χ1) is 10.9. The Labute approximate surface area is 140 Å². The fourth-order valence-electron chi connectivity index (χ4n) is 3.64. The van der Waals surface area contributed by atoms with Crippen LogP contribution in [0.2, 0.25) is 0 Å². The minimum atomic E-state index is 0.0731. The van der Waals surface area contributed by atoms with E-state index in [0.717, 1.165) is 13.1 Å². The second-order valence-electron chi connectivity index (χ2n) is 7.56. The van der Waals surface area contributed by atoms with E-state index in [9.17, 15) is 0 Å².